The smallest absolute Gasteiger partial charge is 0.226 e. The topological polar surface area (TPSA) is 46.3 Å². The molecular weight excluding hydrogens is 400 g/mol. The van der Waals surface area contributed by atoms with E-state index in [0.717, 1.165) is 36.8 Å². The van der Waals surface area contributed by atoms with Gasteiger partial charge in [0.15, 0.2) is 0 Å². The summed E-state index contributed by atoms with van der Waals surface area (Å²) in [6.45, 7) is 6.20. The molecule has 0 spiro atoms. The fourth-order valence-electron chi connectivity index (χ4n) is 4.53. The van der Waals surface area contributed by atoms with E-state index in [1.165, 1.54) is 12.0 Å². The Hall–Kier alpha value is -0.580. The lowest BCUT2D eigenvalue weighted by Crippen LogP contribution is -2.38. The third-order valence-electron chi connectivity index (χ3n) is 5.70. The first-order valence-electron chi connectivity index (χ1n) is 9.23. The molecule has 3 nitrogen and oxygen atoms in total. The van der Waals surface area contributed by atoms with E-state index in [0.29, 0.717) is 29.7 Å². The number of benzene rings is 1. The minimum Gasteiger partial charge on any atom is -0.342 e. The van der Waals surface area contributed by atoms with Crippen molar-refractivity contribution in [3.8, 4) is 0 Å². The summed E-state index contributed by atoms with van der Waals surface area (Å²) in [6.07, 6.45) is 4.10. The van der Waals surface area contributed by atoms with E-state index in [1.807, 2.05) is 6.07 Å². The van der Waals surface area contributed by atoms with Crippen LogP contribution in [0.2, 0.25) is 0 Å². The number of amides is 1. The summed E-state index contributed by atoms with van der Waals surface area (Å²) in [4.78, 5) is 15.3. The minimum absolute atomic E-state index is 0. The Morgan fingerprint density at radius 3 is 2.72 bits per heavy atom. The molecule has 25 heavy (non-hydrogen) atoms. The molecule has 1 aromatic carbocycles. The molecule has 1 heterocycles. The maximum atomic E-state index is 13.2. The van der Waals surface area contributed by atoms with Crippen LogP contribution in [0.25, 0.3) is 0 Å². The van der Waals surface area contributed by atoms with Crippen molar-refractivity contribution in [1.29, 1.82) is 0 Å². The van der Waals surface area contributed by atoms with Gasteiger partial charge in [-0.05, 0) is 61.1 Å². The number of carbonyl (C=O) groups excluding carboxylic acids is 1. The van der Waals surface area contributed by atoms with Crippen molar-refractivity contribution in [1.82, 2.24) is 4.90 Å². The van der Waals surface area contributed by atoms with Crippen molar-refractivity contribution in [2.24, 2.45) is 29.4 Å². The van der Waals surface area contributed by atoms with Gasteiger partial charge in [0.2, 0.25) is 5.91 Å². The first-order chi connectivity index (χ1) is 11.4. The zero-order chi connectivity index (χ0) is 17.3. The summed E-state index contributed by atoms with van der Waals surface area (Å²) in [6, 6.07) is 8.64. The number of nitrogens with zero attached hydrogens (tertiary/aromatic N) is 1. The van der Waals surface area contributed by atoms with Crippen LogP contribution in [-0.2, 0) is 11.2 Å². The van der Waals surface area contributed by atoms with E-state index < -0.39 is 0 Å². The zero-order valence-corrected chi connectivity index (χ0v) is 17.6. The van der Waals surface area contributed by atoms with Gasteiger partial charge in [-0.2, -0.15) is 0 Å². The molecule has 0 aromatic heterocycles. The second kappa shape index (κ2) is 8.88. The van der Waals surface area contributed by atoms with Crippen molar-refractivity contribution in [2.45, 2.75) is 45.6 Å². The molecule has 1 aromatic rings. The molecule has 5 heteroatoms. The van der Waals surface area contributed by atoms with Crippen LogP contribution >= 0.6 is 28.3 Å². The van der Waals surface area contributed by atoms with Crippen LogP contribution in [0, 0.1) is 23.7 Å². The molecular formula is C20H30BrClN2O. The number of hydrogen-bond acceptors (Lipinski definition) is 2. The van der Waals surface area contributed by atoms with E-state index in [2.05, 4.69) is 52.9 Å². The van der Waals surface area contributed by atoms with Crippen molar-refractivity contribution in [3.63, 3.8) is 0 Å². The molecule has 140 valence electrons. The predicted molar refractivity (Wildman–Crippen MR) is 109 cm³/mol. The second-order valence-corrected chi connectivity index (χ2v) is 8.98. The van der Waals surface area contributed by atoms with Gasteiger partial charge in [0.1, 0.15) is 0 Å². The van der Waals surface area contributed by atoms with E-state index >= 15 is 0 Å². The number of carbonyl (C=O) groups is 1. The highest BCUT2D eigenvalue weighted by molar-refractivity contribution is 9.10. The molecule has 4 atom stereocenters. The third kappa shape index (κ3) is 4.99. The molecule has 4 unspecified atom stereocenters. The lowest BCUT2D eigenvalue weighted by atomic mass is 9.89. The predicted octanol–water partition coefficient (Wildman–Crippen LogP) is 4.27. The third-order valence-corrected chi connectivity index (χ3v) is 6.19. The number of fused-ring (bicyclic) bond motifs is 1. The molecule has 2 aliphatic rings. The first-order valence-corrected chi connectivity index (χ1v) is 10.0. The second-order valence-electron chi connectivity index (χ2n) is 8.07. The maximum Gasteiger partial charge on any atom is 0.226 e. The molecule has 0 bridgehead atoms. The quantitative estimate of drug-likeness (QED) is 0.759. The monoisotopic (exact) mass is 428 g/mol. The van der Waals surface area contributed by atoms with E-state index in [9.17, 15) is 4.79 Å². The van der Waals surface area contributed by atoms with Gasteiger partial charge in [0.25, 0.3) is 0 Å². The van der Waals surface area contributed by atoms with E-state index in [4.69, 9.17) is 5.73 Å². The summed E-state index contributed by atoms with van der Waals surface area (Å²) < 4.78 is 1.08. The largest absolute Gasteiger partial charge is 0.342 e. The van der Waals surface area contributed by atoms with Crippen LogP contribution < -0.4 is 5.73 Å². The number of hydrogen-bond donors (Lipinski definition) is 1. The van der Waals surface area contributed by atoms with Gasteiger partial charge < -0.3 is 10.6 Å². The Balaban J connectivity index is 0.00000225. The van der Waals surface area contributed by atoms with Crippen molar-refractivity contribution < 1.29 is 4.79 Å². The number of likely N-dealkylation sites (tertiary alicyclic amines) is 1. The molecule has 3 rings (SSSR count). The highest BCUT2D eigenvalue weighted by atomic mass is 79.9. The number of rotatable bonds is 5. The van der Waals surface area contributed by atoms with Crippen molar-refractivity contribution in [2.75, 3.05) is 13.1 Å². The van der Waals surface area contributed by atoms with Crippen LogP contribution in [0.1, 0.15) is 38.7 Å². The standard InChI is InChI=1S/C20H29BrN2O.ClH/c1-13(2)8-16(9-14-4-3-5-17(21)10-14)20(24)23-11-15-6-7-19(22)18(15)12-23;/h3-5,10,13,15-16,18-19H,6-9,11-12,22H2,1-2H3;1H. The molecule has 2 N–H and O–H groups in total. The Kier molecular flexibility index (Phi) is 7.36. The minimum atomic E-state index is 0. The normalized spacial score (nSPS) is 26.4. The summed E-state index contributed by atoms with van der Waals surface area (Å²) in [7, 11) is 0. The van der Waals surface area contributed by atoms with Crippen molar-refractivity contribution >= 4 is 34.2 Å². The lowest BCUT2D eigenvalue weighted by molar-refractivity contribution is -0.135. The van der Waals surface area contributed by atoms with Gasteiger partial charge in [0.05, 0.1) is 0 Å². The van der Waals surface area contributed by atoms with Gasteiger partial charge in [0, 0.05) is 29.5 Å². The summed E-state index contributed by atoms with van der Waals surface area (Å²) >= 11 is 3.54. The maximum absolute atomic E-state index is 13.2. The van der Waals surface area contributed by atoms with E-state index in [-0.39, 0.29) is 18.3 Å². The highest BCUT2D eigenvalue weighted by Gasteiger charge is 2.43. The fraction of sp³-hybridized carbons (Fsp3) is 0.650. The Bertz CT molecular complexity index is 595. The average molecular weight is 430 g/mol. The van der Waals surface area contributed by atoms with Gasteiger partial charge in [-0.1, -0.05) is 41.9 Å². The average Bonchev–Trinajstić information content (AvgIpc) is 3.08. The van der Waals surface area contributed by atoms with Crippen LogP contribution in [-0.4, -0.2) is 29.9 Å². The molecule has 0 radical (unpaired) electrons. The van der Waals surface area contributed by atoms with Gasteiger partial charge in [-0.3, -0.25) is 4.79 Å². The van der Waals surface area contributed by atoms with Gasteiger partial charge in [-0.15, -0.1) is 12.4 Å². The molecule has 1 aliphatic heterocycles. The Morgan fingerprint density at radius 1 is 1.32 bits per heavy atom. The van der Waals surface area contributed by atoms with Crippen LogP contribution in [0.15, 0.2) is 28.7 Å². The summed E-state index contributed by atoms with van der Waals surface area (Å²) in [5.74, 6) is 2.10. The molecule has 1 aliphatic carbocycles. The van der Waals surface area contributed by atoms with Gasteiger partial charge in [-0.25, -0.2) is 0 Å². The lowest BCUT2D eigenvalue weighted by Gasteiger charge is -2.26. The van der Waals surface area contributed by atoms with Crippen LogP contribution in [0.5, 0.6) is 0 Å². The first kappa shape index (κ1) is 20.7. The fourth-order valence-corrected chi connectivity index (χ4v) is 4.98. The zero-order valence-electron chi connectivity index (χ0n) is 15.2. The molecule has 1 amide bonds. The summed E-state index contributed by atoms with van der Waals surface area (Å²) in [5, 5.41) is 0. The van der Waals surface area contributed by atoms with Crippen molar-refractivity contribution in [3.05, 3.63) is 34.3 Å². The SMILES string of the molecule is CC(C)CC(Cc1cccc(Br)c1)C(=O)N1CC2CCC(N)C2C1.Cl. The number of halogens is 2. The van der Waals surface area contributed by atoms with E-state index in [1.54, 1.807) is 0 Å². The van der Waals surface area contributed by atoms with Crippen LogP contribution in [0.4, 0.5) is 0 Å². The highest BCUT2D eigenvalue weighted by Crippen LogP contribution is 2.38. The Morgan fingerprint density at radius 2 is 2.08 bits per heavy atom. The molecule has 1 saturated heterocycles. The Labute approximate surface area is 166 Å². The molecule has 2 fully saturated rings. The molecule has 1 saturated carbocycles. The summed E-state index contributed by atoms with van der Waals surface area (Å²) in [5.41, 5.74) is 7.47. The number of nitrogens with two attached hydrogens (primary N) is 1. The van der Waals surface area contributed by atoms with Crippen LogP contribution in [0.3, 0.4) is 0 Å². The van der Waals surface area contributed by atoms with Gasteiger partial charge >= 0.3 is 0 Å².